The van der Waals surface area contributed by atoms with Gasteiger partial charge in [-0.25, -0.2) is 0 Å². The van der Waals surface area contributed by atoms with Crippen molar-refractivity contribution in [3.63, 3.8) is 0 Å². The number of fused-ring (bicyclic) bond motifs is 1. The summed E-state index contributed by atoms with van der Waals surface area (Å²) in [4.78, 5) is 61.8. The first-order valence-corrected chi connectivity index (χ1v) is 10.8. The lowest BCUT2D eigenvalue weighted by Crippen LogP contribution is -2.54. The first-order chi connectivity index (χ1) is 14.9. The Bertz CT molecular complexity index is 898. The summed E-state index contributed by atoms with van der Waals surface area (Å²) in [6.45, 7) is 3.16. The topological polar surface area (TPSA) is 125 Å². The van der Waals surface area contributed by atoms with Crippen LogP contribution in [0.4, 0.5) is 5.69 Å². The van der Waals surface area contributed by atoms with Crippen molar-refractivity contribution in [1.82, 2.24) is 15.5 Å². The third kappa shape index (κ3) is 5.10. The number of nitrogens with zero attached hydrogens (tertiary/aromatic N) is 1. The largest absolute Gasteiger partial charge is 0.384 e. The fourth-order valence-electron chi connectivity index (χ4n) is 3.93. The van der Waals surface area contributed by atoms with Crippen LogP contribution in [0.15, 0.2) is 18.2 Å². The molecule has 166 valence electrons. The van der Waals surface area contributed by atoms with Gasteiger partial charge in [0.25, 0.3) is 11.8 Å². The van der Waals surface area contributed by atoms with Crippen molar-refractivity contribution in [3.05, 3.63) is 29.3 Å². The van der Waals surface area contributed by atoms with Crippen LogP contribution >= 0.6 is 0 Å². The number of carbonyl (C=O) groups is 5. The average Bonchev–Trinajstić information content (AvgIpc) is 2.99. The van der Waals surface area contributed by atoms with Crippen LogP contribution < -0.4 is 16.0 Å². The molecule has 2 heterocycles. The van der Waals surface area contributed by atoms with Crippen LogP contribution in [0.1, 0.15) is 72.6 Å². The Morgan fingerprint density at radius 3 is 2.61 bits per heavy atom. The Labute approximate surface area is 180 Å². The van der Waals surface area contributed by atoms with Crippen molar-refractivity contribution < 1.29 is 24.0 Å². The van der Waals surface area contributed by atoms with Gasteiger partial charge in [-0.2, -0.15) is 0 Å². The van der Waals surface area contributed by atoms with Crippen molar-refractivity contribution >= 4 is 35.2 Å². The lowest BCUT2D eigenvalue weighted by atomic mass is 10.0. The fraction of sp³-hybridized carbons (Fsp3) is 0.500. The number of nitrogens with one attached hydrogen (secondary N) is 3. The Balaban J connectivity index is 1.55. The molecule has 2 aliphatic rings. The lowest BCUT2D eigenvalue weighted by molar-refractivity contribution is -0.136. The highest BCUT2D eigenvalue weighted by Gasteiger charge is 2.45. The molecular formula is C22H28N4O5. The second-order valence-electron chi connectivity index (χ2n) is 7.72. The molecule has 0 aromatic heterocycles. The number of carbonyl (C=O) groups excluding carboxylic acids is 5. The number of rotatable bonds is 10. The molecule has 0 aliphatic carbocycles. The highest BCUT2D eigenvalue weighted by atomic mass is 16.2. The monoisotopic (exact) mass is 428 g/mol. The number of hydrogen-bond donors (Lipinski definition) is 3. The van der Waals surface area contributed by atoms with E-state index in [0.717, 1.165) is 30.6 Å². The van der Waals surface area contributed by atoms with E-state index in [4.69, 9.17) is 0 Å². The van der Waals surface area contributed by atoms with Gasteiger partial charge in [-0.3, -0.25) is 34.2 Å². The average molecular weight is 428 g/mol. The molecular weight excluding hydrogens is 400 g/mol. The Morgan fingerprint density at radius 2 is 1.87 bits per heavy atom. The van der Waals surface area contributed by atoms with Gasteiger partial charge in [0.1, 0.15) is 6.04 Å². The predicted octanol–water partition coefficient (Wildman–Crippen LogP) is 1.59. The van der Waals surface area contributed by atoms with Crippen LogP contribution in [0, 0.1) is 0 Å². The number of benzene rings is 1. The zero-order chi connectivity index (χ0) is 22.4. The number of unbranched alkanes of at least 4 members (excludes halogenated alkanes) is 3. The number of imide groups is 2. The minimum absolute atomic E-state index is 0.0734. The van der Waals surface area contributed by atoms with Crippen molar-refractivity contribution in [2.45, 2.75) is 57.9 Å². The first kappa shape index (κ1) is 22.5. The molecule has 1 saturated heterocycles. The number of hydrogen-bond acceptors (Lipinski definition) is 6. The van der Waals surface area contributed by atoms with Gasteiger partial charge in [-0.15, -0.1) is 0 Å². The lowest BCUT2D eigenvalue weighted by Gasteiger charge is -2.27. The smallest absolute Gasteiger partial charge is 0.264 e. The highest BCUT2D eigenvalue weighted by Crippen LogP contribution is 2.32. The van der Waals surface area contributed by atoms with Crippen molar-refractivity contribution in [1.29, 1.82) is 0 Å². The standard InChI is InChI=1S/C22H28N4O5/c1-2-23-17(27)10-5-3-4-6-13-24-15-9-7-8-14-19(15)22(31)26(21(14)30)16-11-12-18(28)25-20(16)29/h7-9,16,24H,2-6,10-13H2,1H3,(H,23,27)(H,25,28,29). The molecule has 0 spiro atoms. The summed E-state index contributed by atoms with van der Waals surface area (Å²) in [6.07, 6.45) is 4.33. The van der Waals surface area contributed by atoms with Gasteiger partial charge in [-0.1, -0.05) is 18.9 Å². The normalized spacial score (nSPS) is 18.1. The maximum absolute atomic E-state index is 13.0. The summed E-state index contributed by atoms with van der Waals surface area (Å²) >= 11 is 0. The Hall–Kier alpha value is -3.23. The molecule has 1 aromatic carbocycles. The molecule has 1 fully saturated rings. The Kier molecular flexibility index (Phi) is 7.38. The third-order valence-corrected chi connectivity index (χ3v) is 5.49. The molecule has 0 saturated carbocycles. The molecule has 1 atom stereocenters. The molecule has 1 unspecified atom stereocenters. The summed E-state index contributed by atoms with van der Waals surface area (Å²) in [5.41, 5.74) is 1.10. The van der Waals surface area contributed by atoms with Crippen molar-refractivity contribution in [3.8, 4) is 0 Å². The maximum atomic E-state index is 13.0. The van der Waals surface area contributed by atoms with Gasteiger partial charge in [0.2, 0.25) is 17.7 Å². The van der Waals surface area contributed by atoms with Crippen LogP contribution in [-0.2, 0) is 14.4 Å². The van der Waals surface area contributed by atoms with Crippen molar-refractivity contribution in [2.24, 2.45) is 0 Å². The van der Waals surface area contributed by atoms with E-state index in [1.54, 1.807) is 18.2 Å². The first-order valence-electron chi connectivity index (χ1n) is 10.8. The Morgan fingerprint density at radius 1 is 1.10 bits per heavy atom. The molecule has 0 bridgehead atoms. The van der Waals surface area contributed by atoms with Gasteiger partial charge in [-0.05, 0) is 38.3 Å². The van der Waals surface area contributed by atoms with Crippen molar-refractivity contribution in [2.75, 3.05) is 18.4 Å². The van der Waals surface area contributed by atoms with Gasteiger partial charge < -0.3 is 10.6 Å². The van der Waals surface area contributed by atoms with E-state index in [1.165, 1.54) is 0 Å². The second-order valence-corrected chi connectivity index (χ2v) is 7.72. The maximum Gasteiger partial charge on any atom is 0.264 e. The van der Waals surface area contributed by atoms with Gasteiger partial charge in [0.05, 0.1) is 11.1 Å². The molecule has 5 amide bonds. The molecule has 31 heavy (non-hydrogen) atoms. The van der Waals surface area contributed by atoms with E-state index in [0.29, 0.717) is 25.2 Å². The van der Waals surface area contributed by atoms with E-state index in [9.17, 15) is 24.0 Å². The predicted molar refractivity (Wildman–Crippen MR) is 113 cm³/mol. The van der Waals surface area contributed by atoms with Crippen LogP contribution in [0.25, 0.3) is 0 Å². The zero-order valence-corrected chi connectivity index (χ0v) is 17.7. The zero-order valence-electron chi connectivity index (χ0n) is 17.7. The SMILES string of the molecule is CCNC(=O)CCCCCCNc1cccc2c1C(=O)N(C1CCC(=O)NC1=O)C2=O. The summed E-state index contributed by atoms with van der Waals surface area (Å²) in [5, 5.41) is 8.20. The van der Waals surface area contributed by atoms with E-state index in [-0.39, 0.29) is 29.9 Å². The summed E-state index contributed by atoms with van der Waals surface area (Å²) < 4.78 is 0. The number of amides is 5. The molecule has 0 radical (unpaired) electrons. The molecule has 2 aliphatic heterocycles. The third-order valence-electron chi connectivity index (χ3n) is 5.49. The molecule has 9 nitrogen and oxygen atoms in total. The van der Waals surface area contributed by atoms with Crippen LogP contribution in [-0.4, -0.2) is 53.6 Å². The quantitative estimate of drug-likeness (QED) is 0.384. The van der Waals surface area contributed by atoms with Gasteiger partial charge in [0.15, 0.2) is 0 Å². The molecule has 9 heteroatoms. The molecule has 3 N–H and O–H groups in total. The second kappa shape index (κ2) is 10.2. The number of piperidine rings is 1. The minimum atomic E-state index is -0.970. The van der Waals surface area contributed by atoms with Gasteiger partial charge in [0, 0.05) is 31.6 Å². The summed E-state index contributed by atoms with van der Waals surface area (Å²) in [5.74, 6) is -1.97. The number of anilines is 1. The minimum Gasteiger partial charge on any atom is -0.384 e. The summed E-state index contributed by atoms with van der Waals surface area (Å²) in [7, 11) is 0. The van der Waals surface area contributed by atoms with Gasteiger partial charge >= 0.3 is 0 Å². The fourth-order valence-corrected chi connectivity index (χ4v) is 3.93. The van der Waals surface area contributed by atoms with Crippen LogP contribution in [0.2, 0.25) is 0 Å². The van der Waals surface area contributed by atoms with E-state index in [2.05, 4.69) is 16.0 Å². The van der Waals surface area contributed by atoms with Crippen LogP contribution in [0.5, 0.6) is 0 Å². The molecule has 3 rings (SSSR count). The molecule has 1 aromatic rings. The van der Waals surface area contributed by atoms with E-state index < -0.39 is 29.7 Å². The van der Waals surface area contributed by atoms with E-state index in [1.807, 2.05) is 6.92 Å². The summed E-state index contributed by atoms with van der Waals surface area (Å²) in [6, 6.07) is 4.05. The van der Waals surface area contributed by atoms with Crippen LogP contribution in [0.3, 0.4) is 0 Å². The van der Waals surface area contributed by atoms with E-state index >= 15 is 0 Å². The highest BCUT2D eigenvalue weighted by molar-refractivity contribution is 6.25.